The molecule has 0 aromatic rings. The molecule has 0 aromatic heterocycles. The molecule has 1 heterocycles. The van der Waals surface area contributed by atoms with Gasteiger partial charge in [0.1, 0.15) is 0 Å². The topological polar surface area (TPSA) is 17.1 Å². The third kappa shape index (κ3) is 1.54. The zero-order valence-corrected chi connectivity index (χ0v) is 6.91. The molecule has 1 fully saturated rings. The minimum Gasteiger partial charge on any atom is -0.259 e. The maximum Gasteiger partial charge on any atom is 0.0322 e. The molecule has 0 N–H and O–H groups in total. The molecule has 2 heteroatoms. The Kier molecular flexibility index (Phi) is 2.28. The average molecular weight is 146 g/mol. The second kappa shape index (κ2) is 2.82. The van der Waals surface area contributed by atoms with E-state index in [0.717, 1.165) is 12.8 Å². The highest BCUT2D eigenvalue weighted by atomic mass is 32.2. The fourth-order valence-corrected chi connectivity index (χ4v) is 2.91. The Morgan fingerprint density at radius 3 is 2.00 bits per heavy atom. The molecule has 1 rings (SSSR count). The lowest BCUT2D eigenvalue weighted by atomic mass is 10.1. The first-order valence-electron chi connectivity index (χ1n) is 3.61. The van der Waals surface area contributed by atoms with Gasteiger partial charge in [0.2, 0.25) is 0 Å². The van der Waals surface area contributed by atoms with Crippen LogP contribution in [-0.4, -0.2) is 14.7 Å². The Hall–Kier alpha value is 0.150. The van der Waals surface area contributed by atoms with E-state index in [-0.39, 0.29) is 0 Å². The molecule has 0 spiro atoms. The van der Waals surface area contributed by atoms with E-state index < -0.39 is 10.8 Å². The Morgan fingerprint density at radius 1 is 1.22 bits per heavy atom. The van der Waals surface area contributed by atoms with Crippen LogP contribution in [0.25, 0.3) is 0 Å². The van der Waals surface area contributed by atoms with Crippen molar-refractivity contribution in [1.82, 2.24) is 0 Å². The molecule has 1 nitrogen and oxygen atoms in total. The quantitative estimate of drug-likeness (QED) is 0.508. The molecule has 0 aliphatic carbocycles. The molecule has 2 atom stereocenters. The molecular weight excluding hydrogens is 132 g/mol. The van der Waals surface area contributed by atoms with Crippen molar-refractivity contribution in [3.8, 4) is 0 Å². The van der Waals surface area contributed by atoms with Gasteiger partial charge in [-0.15, -0.1) is 0 Å². The van der Waals surface area contributed by atoms with Crippen molar-refractivity contribution in [3.05, 3.63) is 0 Å². The van der Waals surface area contributed by atoms with Crippen molar-refractivity contribution in [1.29, 1.82) is 0 Å². The monoisotopic (exact) mass is 146 g/mol. The van der Waals surface area contributed by atoms with Crippen LogP contribution in [0, 0.1) is 0 Å². The van der Waals surface area contributed by atoms with Gasteiger partial charge >= 0.3 is 0 Å². The molecule has 54 valence electrons. The molecule has 1 aliphatic rings. The molecular formula is C7H14OS. The Bertz CT molecular complexity index is 110. The standard InChI is InChI=1S/C7H14OS/c1-6-4-3-5-7(2)9(6)8/h6-7H,3-5H2,1-2H3/t6-,7-/m1/s1. The highest BCUT2D eigenvalue weighted by Crippen LogP contribution is 2.21. The van der Waals surface area contributed by atoms with E-state index in [1.54, 1.807) is 0 Å². The number of hydrogen-bond donors (Lipinski definition) is 0. The largest absolute Gasteiger partial charge is 0.259 e. The van der Waals surface area contributed by atoms with Gasteiger partial charge in [0.15, 0.2) is 0 Å². The minimum absolute atomic E-state index is 0.453. The van der Waals surface area contributed by atoms with Crippen LogP contribution < -0.4 is 0 Å². The fourth-order valence-electron chi connectivity index (χ4n) is 1.32. The molecule has 0 bridgehead atoms. The summed E-state index contributed by atoms with van der Waals surface area (Å²) in [5.74, 6) is 0. The normalized spacial score (nSPS) is 38.9. The van der Waals surface area contributed by atoms with E-state index in [4.69, 9.17) is 0 Å². The molecule has 0 radical (unpaired) electrons. The van der Waals surface area contributed by atoms with Gasteiger partial charge in [-0.2, -0.15) is 0 Å². The van der Waals surface area contributed by atoms with Gasteiger partial charge in [-0.3, -0.25) is 4.21 Å². The Morgan fingerprint density at radius 2 is 1.67 bits per heavy atom. The number of hydrogen-bond acceptors (Lipinski definition) is 1. The van der Waals surface area contributed by atoms with E-state index in [2.05, 4.69) is 13.8 Å². The van der Waals surface area contributed by atoms with E-state index in [0.29, 0.717) is 10.5 Å². The first kappa shape index (κ1) is 7.26. The highest BCUT2D eigenvalue weighted by molar-refractivity contribution is 7.86. The summed E-state index contributed by atoms with van der Waals surface area (Å²) in [5.41, 5.74) is 0. The van der Waals surface area contributed by atoms with Gasteiger partial charge in [-0.25, -0.2) is 0 Å². The van der Waals surface area contributed by atoms with Crippen molar-refractivity contribution in [2.24, 2.45) is 0 Å². The second-order valence-electron chi connectivity index (χ2n) is 2.88. The predicted octanol–water partition coefficient (Wildman–Crippen LogP) is 1.70. The van der Waals surface area contributed by atoms with Crippen molar-refractivity contribution >= 4 is 10.8 Å². The molecule has 1 aliphatic heterocycles. The summed E-state index contributed by atoms with van der Waals surface area (Å²) in [4.78, 5) is 0. The Labute approximate surface area is 59.3 Å². The van der Waals surface area contributed by atoms with E-state index >= 15 is 0 Å². The van der Waals surface area contributed by atoms with E-state index in [1.165, 1.54) is 6.42 Å². The van der Waals surface area contributed by atoms with Crippen LogP contribution >= 0.6 is 0 Å². The summed E-state index contributed by atoms with van der Waals surface area (Å²) < 4.78 is 11.2. The highest BCUT2D eigenvalue weighted by Gasteiger charge is 2.22. The van der Waals surface area contributed by atoms with E-state index in [1.807, 2.05) is 0 Å². The lowest BCUT2D eigenvalue weighted by Gasteiger charge is -2.22. The average Bonchev–Trinajstić information content (AvgIpc) is 1.83. The molecule has 0 saturated carbocycles. The van der Waals surface area contributed by atoms with Crippen molar-refractivity contribution in [2.45, 2.75) is 43.6 Å². The van der Waals surface area contributed by atoms with Crippen molar-refractivity contribution < 1.29 is 4.21 Å². The van der Waals surface area contributed by atoms with Crippen LogP contribution in [0.1, 0.15) is 33.1 Å². The zero-order chi connectivity index (χ0) is 6.85. The van der Waals surface area contributed by atoms with Crippen LogP contribution in [0.5, 0.6) is 0 Å². The lowest BCUT2D eigenvalue weighted by molar-refractivity contribution is 0.586. The molecule has 9 heavy (non-hydrogen) atoms. The van der Waals surface area contributed by atoms with Crippen LogP contribution in [0.2, 0.25) is 0 Å². The van der Waals surface area contributed by atoms with Crippen LogP contribution in [0.4, 0.5) is 0 Å². The van der Waals surface area contributed by atoms with Crippen LogP contribution in [-0.2, 0) is 10.8 Å². The first-order valence-corrected chi connectivity index (χ1v) is 4.89. The summed E-state index contributed by atoms with van der Waals surface area (Å²) in [6.07, 6.45) is 3.60. The zero-order valence-electron chi connectivity index (χ0n) is 6.09. The van der Waals surface area contributed by atoms with Crippen LogP contribution in [0.3, 0.4) is 0 Å². The Balaban J connectivity index is 2.52. The van der Waals surface area contributed by atoms with Crippen LogP contribution in [0.15, 0.2) is 0 Å². The van der Waals surface area contributed by atoms with Gasteiger partial charge in [0.05, 0.1) is 0 Å². The lowest BCUT2D eigenvalue weighted by Crippen LogP contribution is -2.26. The fraction of sp³-hybridized carbons (Fsp3) is 1.00. The van der Waals surface area contributed by atoms with Crippen molar-refractivity contribution in [2.75, 3.05) is 0 Å². The van der Waals surface area contributed by atoms with Gasteiger partial charge < -0.3 is 0 Å². The van der Waals surface area contributed by atoms with Gasteiger partial charge in [0, 0.05) is 21.3 Å². The van der Waals surface area contributed by atoms with E-state index in [9.17, 15) is 4.21 Å². The summed E-state index contributed by atoms with van der Waals surface area (Å²) >= 11 is 0. The van der Waals surface area contributed by atoms with Gasteiger partial charge in [0.25, 0.3) is 0 Å². The third-order valence-electron chi connectivity index (χ3n) is 2.01. The smallest absolute Gasteiger partial charge is 0.0322 e. The molecule has 0 unspecified atom stereocenters. The molecule has 1 saturated heterocycles. The number of rotatable bonds is 0. The summed E-state index contributed by atoms with van der Waals surface area (Å²) in [6, 6.07) is 0. The molecule has 0 aromatic carbocycles. The maximum absolute atomic E-state index is 11.2. The van der Waals surface area contributed by atoms with Crippen molar-refractivity contribution in [3.63, 3.8) is 0 Å². The maximum atomic E-state index is 11.2. The second-order valence-corrected chi connectivity index (χ2v) is 5.15. The SMILES string of the molecule is C[C@@H]1CCC[C@@H](C)S1=O. The summed E-state index contributed by atoms with van der Waals surface area (Å²) in [5, 5.41) is 0.905. The predicted molar refractivity (Wildman–Crippen MR) is 40.9 cm³/mol. The molecule has 0 amide bonds. The van der Waals surface area contributed by atoms with Gasteiger partial charge in [-0.05, 0) is 12.8 Å². The summed E-state index contributed by atoms with van der Waals surface area (Å²) in [6.45, 7) is 4.18. The summed E-state index contributed by atoms with van der Waals surface area (Å²) in [7, 11) is -0.530. The minimum atomic E-state index is -0.530. The van der Waals surface area contributed by atoms with Gasteiger partial charge in [-0.1, -0.05) is 20.3 Å². The third-order valence-corrected chi connectivity index (χ3v) is 4.07. The first-order chi connectivity index (χ1) is 4.22.